The first-order valence-corrected chi connectivity index (χ1v) is 7.15. The fourth-order valence-electron chi connectivity index (χ4n) is 1.54. The molecule has 0 unspecified atom stereocenters. The lowest BCUT2D eigenvalue weighted by Crippen LogP contribution is -2.33. The van der Waals surface area contributed by atoms with E-state index < -0.39 is 0 Å². The van der Waals surface area contributed by atoms with Gasteiger partial charge < -0.3 is 11.1 Å². The lowest BCUT2D eigenvalue weighted by atomic mass is 10.1. The third kappa shape index (κ3) is 6.64. The van der Waals surface area contributed by atoms with Crippen LogP contribution in [0.1, 0.15) is 25.8 Å². The van der Waals surface area contributed by atoms with Gasteiger partial charge in [0.05, 0.1) is 0 Å². The third-order valence-electron chi connectivity index (χ3n) is 2.46. The molecule has 0 saturated heterocycles. The van der Waals surface area contributed by atoms with Gasteiger partial charge in [-0.1, -0.05) is 41.9 Å². The lowest BCUT2D eigenvalue weighted by Gasteiger charge is -2.07. The molecular formula is C14H22BrN3. The smallest absolute Gasteiger partial charge is 0.188 e. The van der Waals surface area contributed by atoms with Gasteiger partial charge in [-0.05, 0) is 36.5 Å². The van der Waals surface area contributed by atoms with E-state index in [0.717, 1.165) is 30.4 Å². The van der Waals surface area contributed by atoms with Crippen molar-refractivity contribution in [2.45, 2.75) is 26.7 Å². The second-order valence-corrected chi connectivity index (χ2v) is 5.70. The molecule has 18 heavy (non-hydrogen) atoms. The molecule has 4 heteroatoms. The maximum atomic E-state index is 5.76. The number of halogens is 1. The average Bonchev–Trinajstić information content (AvgIpc) is 2.32. The van der Waals surface area contributed by atoms with Gasteiger partial charge in [0.25, 0.3) is 0 Å². The van der Waals surface area contributed by atoms with Crippen LogP contribution in [0.2, 0.25) is 0 Å². The molecule has 3 nitrogen and oxygen atoms in total. The van der Waals surface area contributed by atoms with Gasteiger partial charge in [0.2, 0.25) is 0 Å². The molecule has 0 fully saturated rings. The van der Waals surface area contributed by atoms with E-state index in [2.05, 4.69) is 58.3 Å². The van der Waals surface area contributed by atoms with Crippen molar-refractivity contribution in [3.63, 3.8) is 0 Å². The van der Waals surface area contributed by atoms with E-state index in [4.69, 9.17) is 5.73 Å². The van der Waals surface area contributed by atoms with Crippen LogP contribution < -0.4 is 11.1 Å². The summed E-state index contributed by atoms with van der Waals surface area (Å²) in [4.78, 5) is 4.26. The summed E-state index contributed by atoms with van der Waals surface area (Å²) in [5.74, 6) is 1.10. The van der Waals surface area contributed by atoms with Crippen LogP contribution in [0, 0.1) is 5.92 Å². The van der Waals surface area contributed by atoms with E-state index in [1.165, 1.54) is 5.56 Å². The Hall–Kier alpha value is -1.03. The fourth-order valence-corrected chi connectivity index (χ4v) is 1.98. The molecule has 0 aromatic heterocycles. The first kappa shape index (κ1) is 15.0. The van der Waals surface area contributed by atoms with Crippen LogP contribution in [0.15, 0.2) is 33.7 Å². The Labute approximate surface area is 118 Å². The van der Waals surface area contributed by atoms with Gasteiger partial charge in [0.1, 0.15) is 0 Å². The standard InChI is InChI=1S/C14H22BrN3/c1-11(2)10-18-14(16)17-8-4-6-12-5-3-7-13(15)9-12/h3,5,7,9,11H,4,6,8,10H2,1-2H3,(H3,16,17,18). The lowest BCUT2D eigenvalue weighted by molar-refractivity contribution is 0.659. The minimum absolute atomic E-state index is 0.548. The molecular weight excluding hydrogens is 290 g/mol. The second-order valence-electron chi connectivity index (χ2n) is 4.78. The number of nitrogens with zero attached hydrogens (tertiary/aromatic N) is 1. The zero-order chi connectivity index (χ0) is 13.4. The number of nitrogens with one attached hydrogen (secondary N) is 1. The maximum absolute atomic E-state index is 5.76. The molecule has 1 aromatic carbocycles. The number of rotatable bonds is 6. The van der Waals surface area contributed by atoms with Crippen molar-refractivity contribution in [1.82, 2.24) is 5.32 Å². The van der Waals surface area contributed by atoms with Crippen molar-refractivity contribution in [3.8, 4) is 0 Å². The predicted octanol–water partition coefficient (Wildman–Crippen LogP) is 2.94. The molecule has 3 N–H and O–H groups in total. The summed E-state index contributed by atoms with van der Waals surface area (Å²) < 4.78 is 1.13. The summed E-state index contributed by atoms with van der Waals surface area (Å²) in [5, 5.41) is 3.14. The zero-order valence-electron chi connectivity index (χ0n) is 11.1. The number of benzene rings is 1. The van der Waals surface area contributed by atoms with Crippen LogP contribution in [0.5, 0.6) is 0 Å². The third-order valence-corrected chi connectivity index (χ3v) is 2.96. The highest BCUT2D eigenvalue weighted by Gasteiger charge is 1.96. The van der Waals surface area contributed by atoms with Gasteiger partial charge in [-0.3, -0.25) is 4.99 Å². The van der Waals surface area contributed by atoms with Crippen molar-refractivity contribution in [3.05, 3.63) is 34.3 Å². The molecule has 100 valence electrons. The van der Waals surface area contributed by atoms with E-state index in [1.807, 2.05) is 6.07 Å². The maximum Gasteiger partial charge on any atom is 0.188 e. The second kappa shape index (κ2) is 8.14. The summed E-state index contributed by atoms with van der Waals surface area (Å²) in [6.07, 6.45) is 2.10. The quantitative estimate of drug-likeness (QED) is 0.482. The predicted molar refractivity (Wildman–Crippen MR) is 81.8 cm³/mol. The summed E-state index contributed by atoms with van der Waals surface area (Å²) in [5.41, 5.74) is 7.09. The minimum atomic E-state index is 0.548. The summed E-state index contributed by atoms with van der Waals surface area (Å²) in [6.45, 7) is 5.90. The molecule has 1 aromatic rings. The Bertz CT molecular complexity index is 388. The number of aliphatic imine (C=N–C) groups is 1. The van der Waals surface area contributed by atoms with E-state index in [1.54, 1.807) is 0 Å². The highest BCUT2D eigenvalue weighted by atomic mass is 79.9. The molecule has 0 bridgehead atoms. The normalized spacial score (nSPS) is 11.9. The minimum Gasteiger partial charge on any atom is -0.370 e. The van der Waals surface area contributed by atoms with Gasteiger partial charge in [0.15, 0.2) is 5.96 Å². The van der Waals surface area contributed by atoms with Crippen molar-refractivity contribution in [2.24, 2.45) is 16.6 Å². The summed E-state index contributed by atoms with van der Waals surface area (Å²) in [7, 11) is 0. The van der Waals surface area contributed by atoms with Crippen molar-refractivity contribution in [2.75, 3.05) is 13.1 Å². The van der Waals surface area contributed by atoms with Crippen molar-refractivity contribution in [1.29, 1.82) is 0 Å². The van der Waals surface area contributed by atoms with Gasteiger partial charge in [-0.15, -0.1) is 0 Å². The first-order valence-electron chi connectivity index (χ1n) is 6.36. The van der Waals surface area contributed by atoms with Crippen LogP contribution in [-0.2, 0) is 6.42 Å². The molecule has 0 atom stereocenters. The van der Waals surface area contributed by atoms with E-state index >= 15 is 0 Å². The molecule has 0 amide bonds. The van der Waals surface area contributed by atoms with E-state index in [9.17, 15) is 0 Å². The summed E-state index contributed by atoms with van der Waals surface area (Å²) in [6, 6.07) is 8.39. The van der Waals surface area contributed by atoms with Crippen molar-refractivity contribution < 1.29 is 0 Å². The van der Waals surface area contributed by atoms with Gasteiger partial charge in [0, 0.05) is 17.6 Å². The number of nitrogens with two attached hydrogens (primary N) is 1. The Morgan fingerprint density at radius 2 is 2.22 bits per heavy atom. The van der Waals surface area contributed by atoms with Crippen LogP contribution in [0.25, 0.3) is 0 Å². The first-order chi connectivity index (χ1) is 8.58. The molecule has 0 aliphatic carbocycles. The largest absolute Gasteiger partial charge is 0.370 e. The number of aryl methyl sites for hydroxylation is 1. The van der Waals surface area contributed by atoms with E-state index in [0.29, 0.717) is 11.9 Å². The molecule has 0 spiro atoms. The molecule has 0 radical (unpaired) electrons. The molecule has 1 rings (SSSR count). The van der Waals surface area contributed by atoms with Gasteiger partial charge in [-0.25, -0.2) is 0 Å². The van der Waals surface area contributed by atoms with Crippen molar-refractivity contribution >= 4 is 21.9 Å². The highest BCUT2D eigenvalue weighted by Crippen LogP contribution is 2.12. The SMILES string of the molecule is CC(C)CN=C(N)NCCCc1cccc(Br)c1. The van der Waals surface area contributed by atoms with Crippen LogP contribution >= 0.6 is 15.9 Å². The van der Waals surface area contributed by atoms with Crippen LogP contribution in [0.3, 0.4) is 0 Å². The Balaban J connectivity index is 2.20. The molecule has 0 saturated carbocycles. The number of hydrogen-bond acceptors (Lipinski definition) is 1. The Kier molecular flexibility index (Phi) is 6.80. The summed E-state index contributed by atoms with van der Waals surface area (Å²) >= 11 is 3.47. The van der Waals surface area contributed by atoms with Crippen LogP contribution in [0.4, 0.5) is 0 Å². The monoisotopic (exact) mass is 311 g/mol. The molecule has 0 heterocycles. The van der Waals surface area contributed by atoms with Gasteiger partial charge in [-0.2, -0.15) is 0 Å². The number of guanidine groups is 1. The number of hydrogen-bond donors (Lipinski definition) is 2. The average molecular weight is 312 g/mol. The zero-order valence-corrected chi connectivity index (χ0v) is 12.7. The molecule has 0 aliphatic rings. The highest BCUT2D eigenvalue weighted by molar-refractivity contribution is 9.10. The van der Waals surface area contributed by atoms with Crippen LogP contribution in [-0.4, -0.2) is 19.0 Å². The molecule has 0 aliphatic heterocycles. The Morgan fingerprint density at radius 3 is 2.89 bits per heavy atom. The topological polar surface area (TPSA) is 50.4 Å². The van der Waals surface area contributed by atoms with Gasteiger partial charge >= 0.3 is 0 Å². The fraction of sp³-hybridized carbons (Fsp3) is 0.500. The Morgan fingerprint density at radius 1 is 1.44 bits per heavy atom. The van der Waals surface area contributed by atoms with E-state index in [-0.39, 0.29) is 0 Å².